The fraction of sp³-hybridized carbons (Fsp3) is 0.0769. The predicted octanol–water partition coefficient (Wildman–Crippen LogP) is 1.74. The van der Waals surface area contributed by atoms with E-state index < -0.39 is 12.9 Å². The minimum atomic E-state index is -1.57. The molecule has 0 aliphatic heterocycles. The van der Waals surface area contributed by atoms with Gasteiger partial charge in [-0.05, 0) is 29.2 Å². The van der Waals surface area contributed by atoms with Gasteiger partial charge in [-0.25, -0.2) is 4.39 Å². The number of ether oxygens (including phenoxy) is 1. The van der Waals surface area contributed by atoms with Crippen LogP contribution in [-0.2, 0) is 6.61 Å². The van der Waals surface area contributed by atoms with E-state index in [1.807, 2.05) is 0 Å². The van der Waals surface area contributed by atoms with Gasteiger partial charge in [-0.3, -0.25) is 0 Å². The van der Waals surface area contributed by atoms with E-state index in [1.165, 1.54) is 12.1 Å². The fourth-order valence-corrected chi connectivity index (χ4v) is 1.89. The van der Waals surface area contributed by atoms with Crippen molar-refractivity contribution in [3.8, 4) is 5.75 Å². The Morgan fingerprint density at radius 2 is 1.89 bits per heavy atom. The maximum atomic E-state index is 12.9. The lowest BCUT2D eigenvalue weighted by atomic mass is 9.77. The average molecular weight is 280 g/mol. The van der Waals surface area contributed by atoms with Crippen LogP contribution in [0.1, 0.15) is 5.56 Å². The molecule has 0 aliphatic rings. The lowest BCUT2D eigenvalue weighted by Crippen LogP contribution is -2.33. The van der Waals surface area contributed by atoms with Crippen molar-refractivity contribution >= 4 is 24.2 Å². The quantitative estimate of drug-likeness (QED) is 0.839. The fourth-order valence-electron chi connectivity index (χ4n) is 1.67. The van der Waals surface area contributed by atoms with Crippen molar-refractivity contribution in [3.05, 3.63) is 58.9 Å². The largest absolute Gasteiger partial charge is 0.488 e. The van der Waals surface area contributed by atoms with Crippen LogP contribution in [0.25, 0.3) is 0 Å². The number of hydrogen-bond acceptors (Lipinski definition) is 3. The van der Waals surface area contributed by atoms with E-state index in [4.69, 9.17) is 16.3 Å². The second-order valence-corrected chi connectivity index (χ2v) is 4.34. The maximum Gasteiger partial charge on any atom is 0.488 e. The lowest BCUT2D eigenvalue weighted by molar-refractivity contribution is 0.306. The molecule has 0 amide bonds. The van der Waals surface area contributed by atoms with Crippen molar-refractivity contribution in [1.29, 1.82) is 0 Å². The van der Waals surface area contributed by atoms with Gasteiger partial charge in [-0.2, -0.15) is 0 Å². The molecular weight excluding hydrogens is 269 g/mol. The molecule has 0 heterocycles. The number of rotatable bonds is 4. The monoisotopic (exact) mass is 280 g/mol. The Bertz CT molecular complexity index is 578. The van der Waals surface area contributed by atoms with Gasteiger partial charge in [0.1, 0.15) is 18.2 Å². The maximum absolute atomic E-state index is 12.9. The summed E-state index contributed by atoms with van der Waals surface area (Å²) in [5.41, 5.74) is 0.985. The Morgan fingerprint density at radius 1 is 1.16 bits per heavy atom. The van der Waals surface area contributed by atoms with E-state index in [2.05, 4.69) is 0 Å². The molecule has 3 nitrogen and oxygen atoms in total. The van der Waals surface area contributed by atoms with Crippen LogP contribution in [0.15, 0.2) is 42.5 Å². The molecule has 2 N–H and O–H groups in total. The zero-order valence-corrected chi connectivity index (χ0v) is 10.6. The van der Waals surface area contributed by atoms with Gasteiger partial charge in [0, 0.05) is 0 Å². The Hall–Kier alpha value is -1.56. The molecule has 0 bridgehead atoms. The van der Waals surface area contributed by atoms with Crippen molar-refractivity contribution in [1.82, 2.24) is 0 Å². The molecule has 2 aromatic carbocycles. The van der Waals surface area contributed by atoms with E-state index in [-0.39, 0.29) is 11.6 Å². The van der Waals surface area contributed by atoms with Gasteiger partial charge in [0.15, 0.2) is 0 Å². The minimum absolute atomic E-state index is 0.110. The zero-order chi connectivity index (χ0) is 13.8. The molecule has 2 rings (SSSR count). The highest BCUT2D eigenvalue weighted by Gasteiger charge is 2.15. The van der Waals surface area contributed by atoms with Crippen molar-refractivity contribution in [2.24, 2.45) is 0 Å². The first-order valence-corrected chi connectivity index (χ1v) is 5.97. The van der Waals surface area contributed by atoms with Crippen molar-refractivity contribution in [3.63, 3.8) is 0 Å². The molecule has 0 atom stereocenters. The smallest absolute Gasteiger partial charge is 0.487 e. The highest BCUT2D eigenvalue weighted by atomic mass is 35.5. The second-order valence-electron chi connectivity index (χ2n) is 3.94. The summed E-state index contributed by atoms with van der Waals surface area (Å²) < 4.78 is 18.3. The van der Waals surface area contributed by atoms with Crippen LogP contribution < -0.4 is 10.2 Å². The molecule has 0 aliphatic carbocycles. The van der Waals surface area contributed by atoms with Crippen molar-refractivity contribution in [2.75, 3.05) is 0 Å². The minimum Gasteiger partial charge on any atom is -0.487 e. The molecule has 0 radical (unpaired) electrons. The summed E-state index contributed by atoms with van der Waals surface area (Å²) in [6.07, 6.45) is 0. The Kier molecular flexibility index (Phi) is 4.42. The molecule has 0 fully saturated rings. The molecule has 0 unspecified atom stereocenters. The van der Waals surface area contributed by atoms with E-state index in [0.717, 1.165) is 6.07 Å². The average Bonchev–Trinajstić information content (AvgIpc) is 2.38. The molecule has 98 valence electrons. The molecule has 19 heavy (non-hydrogen) atoms. The SMILES string of the molecule is OB(O)c1ccccc1COc1ccc(F)cc1Cl. The summed E-state index contributed by atoms with van der Waals surface area (Å²) >= 11 is 5.83. The van der Waals surface area contributed by atoms with Crippen LogP contribution >= 0.6 is 11.6 Å². The number of benzene rings is 2. The highest BCUT2D eigenvalue weighted by molar-refractivity contribution is 6.59. The van der Waals surface area contributed by atoms with E-state index in [9.17, 15) is 14.4 Å². The topological polar surface area (TPSA) is 49.7 Å². The zero-order valence-electron chi connectivity index (χ0n) is 9.88. The molecule has 0 spiro atoms. The van der Waals surface area contributed by atoms with Gasteiger partial charge in [0.25, 0.3) is 0 Å². The molecule has 0 saturated heterocycles. The normalized spacial score (nSPS) is 10.3. The summed E-state index contributed by atoms with van der Waals surface area (Å²) in [7, 11) is -1.57. The van der Waals surface area contributed by atoms with E-state index >= 15 is 0 Å². The van der Waals surface area contributed by atoms with Gasteiger partial charge in [-0.1, -0.05) is 35.9 Å². The Balaban J connectivity index is 2.14. The first kappa shape index (κ1) is 13.9. The van der Waals surface area contributed by atoms with E-state index in [1.54, 1.807) is 24.3 Å². The number of hydrogen-bond donors (Lipinski definition) is 2. The third kappa shape index (κ3) is 3.47. The first-order valence-electron chi connectivity index (χ1n) is 5.59. The van der Waals surface area contributed by atoms with Gasteiger partial charge in [0.2, 0.25) is 0 Å². The standard InChI is InChI=1S/C13H11BClFO3/c15-12-7-10(16)5-6-13(12)19-8-9-3-1-2-4-11(9)14(17)18/h1-7,17-18H,8H2. The second kappa shape index (κ2) is 6.06. The van der Waals surface area contributed by atoms with Gasteiger partial charge < -0.3 is 14.8 Å². The van der Waals surface area contributed by atoms with Crippen LogP contribution in [-0.4, -0.2) is 17.2 Å². The predicted molar refractivity (Wildman–Crippen MR) is 72.0 cm³/mol. The lowest BCUT2D eigenvalue weighted by Gasteiger charge is -2.11. The molecule has 0 aromatic heterocycles. The summed E-state index contributed by atoms with van der Waals surface area (Å²) in [5, 5.41) is 18.6. The third-order valence-electron chi connectivity index (χ3n) is 2.61. The third-order valence-corrected chi connectivity index (χ3v) is 2.91. The summed E-state index contributed by atoms with van der Waals surface area (Å²) in [4.78, 5) is 0. The summed E-state index contributed by atoms with van der Waals surface area (Å²) in [6, 6.07) is 10.6. The highest BCUT2D eigenvalue weighted by Crippen LogP contribution is 2.25. The Morgan fingerprint density at radius 3 is 2.58 bits per heavy atom. The van der Waals surface area contributed by atoms with Crippen LogP contribution in [0, 0.1) is 5.82 Å². The molecule has 6 heteroatoms. The van der Waals surface area contributed by atoms with Gasteiger partial charge >= 0.3 is 7.12 Å². The molecule has 2 aromatic rings. The van der Waals surface area contributed by atoms with Crippen molar-refractivity contribution < 1.29 is 19.2 Å². The molecule has 0 saturated carbocycles. The van der Waals surface area contributed by atoms with E-state index in [0.29, 0.717) is 16.8 Å². The van der Waals surface area contributed by atoms with Crippen LogP contribution in [0.4, 0.5) is 4.39 Å². The van der Waals surface area contributed by atoms with Crippen molar-refractivity contribution in [2.45, 2.75) is 6.61 Å². The van der Waals surface area contributed by atoms with Gasteiger partial charge in [-0.15, -0.1) is 0 Å². The van der Waals surface area contributed by atoms with Crippen LogP contribution in [0.5, 0.6) is 5.75 Å². The van der Waals surface area contributed by atoms with Gasteiger partial charge in [0.05, 0.1) is 5.02 Å². The summed E-state index contributed by atoms with van der Waals surface area (Å²) in [6.45, 7) is 0.110. The number of halogens is 2. The molecular formula is C13H11BClFO3. The first-order chi connectivity index (χ1) is 9.08. The summed E-state index contributed by atoms with van der Waals surface area (Å²) in [5.74, 6) is -0.103. The van der Waals surface area contributed by atoms with Crippen LogP contribution in [0.3, 0.4) is 0 Å². The van der Waals surface area contributed by atoms with Crippen LogP contribution in [0.2, 0.25) is 5.02 Å². The Labute approximate surface area is 115 Å².